The molecular formula is C22H26N2O4S. The smallest absolute Gasteiger partial charge is 0.255 e. The molecule has 29 heavy (non-hydrogen) atoms. The van der Waals surface area contributed by atoms with Crippen LogP contribution in [0.4, 0.5) is 0 Å². The lowest BCUT2D eigenvalue weighted by molar-refractivity contribution is 0.0533. The van der Waals surface area contributed by atoms with Crippen molar-refractivity contribution in [2.24, 2.45) is 0 Å². The van der Waals surface area contributed by atoms with Crippen molar-refractivity contribution >= 4 is 21.7 Å². The Morgan fingerprint density at radius 3 is 1.86 bits per heavy atom. The topological polar surface area (TPSA) is 74.8 Å². The minimum absolute atomic E-state index is 0.0359. The van der Waals surface area contributed by atoms with Gasteiger partial charge in [-0.25, -0.2) is 8.42 Å². The third-order valence-electron chi connectivity index (χ3n) is 5.20. The molecule has 0 saturated carbocycles. The van der Waals surface area contributed by atoms with Gasteiger partial charge in [0.1, 0.15) is 0 Å². The van der Waals surface area contributed by atoms with Crippen LogP contribution in [-0.2, 0) is 9.84 Å². The standard InChI is InChI=1S/C22H26N2O4S/c1-16(2)17-8-10-18(11-9-17)21(25)23-12-14-24(15-13-23)22(26)19-6-4-5-7-20(19)29(3,27)28/h4-11,16H,12-15H2,1-3H3. The average Bonchev–Trinajstić information content (AvgIpc) is 2.72. The molecule has 0 bridgehead atoms. The second kappa shape index (κ2) is 8.37. The van der Waals surface area contributed by atoms with E-state index in [2.05, 4.69) is 13.8 Å². The molecule has 0 unspecified atom stereocenters. The lowest BCUT2D eigenvalue weighted by atomic mass is 10.0. The number of benzene rings is 2. The summed E-state index contributed by atoms with van der Waals surface area (Å²) in [7, 11) is -3.50. The molecule has 0 atom stereocenters. The van der Waals surface area contributed by atoms with Gasteiger partial charge in [-0.3, -0.25) is 9.59 Å². The summed E-state index contributed by atoms with van der Waals surface area (Å²) in [5.74, 6) is 0.0341. The van der Waals surface area contributed by atoms with Gasteiger partial charge in [0.25, 0.3) is 11.8 Å². The molecule has 6 nitrogen and oxygen atoms in total. The molecule has 0 spiro atoms. The number of amides is 2. The number of rotatable bonds is 4. The van der Waals surface area contributed by atoms with Crippen LogP contribution in [0, 0.1) is 0 Å². The van der Waals surface area contributed by atoms with E-state index in [1.807, 2.05) is 24.3 Å². The van der Waals surface area contributed by atoms with E-state index in [0.29, 0.717) is 37.7 Å². The normalized spacial score (nSPS) is 14.9. The monoisotopic (exact) mass is 414 g/mol. The summed E-state index contributed by atoms with van der Waals surface area (Å²) in [5, 5.41) is 0. The largest absolute Gasteiger partial charge is 0.335 e. The van der Waals surface area contributed by atoms with Crippen LogP contribution < -0.4 is 0 Å². The van der Waals surface area contributed by atoms with E-state index in [4.69, 9.17) is 0 Å². The Hall–Kier alpha value is -2.67. The zero-order chi connectivity index (χ0) is 21.2. The van der Waals surface area contributed by atoms with Gasteiger partial charge in [-0.1, -0.05) is 38.1 Å². The predicted octanol–water partition coefficient (Wildman–Crippen LogP) is 2.81. The molecule has 2 amide bonds. The van der Waals surface area contributed by atoms with Crippen LogP contribution in [0.5, 0.6) is 0 Å². The molecule has 7 heteroatoms. The van der Waals surface area contributed by atoms with Crippen molar-refractivity contribution in [3.63, 3.8) is 0 Å². The first-order chi connectivity index (χ1) is 13.7. The molecular weight excluding hydrogens is 388 g/mol. The molecule has 0 N–H and O–H groups in total. The Bertz CT molecular complexity index is 1010. The Labute approximate surface area is 172 Å². The molecule has 154 valence electrons. The summed E-state index contributed by atoms with van der Waals surface area (Å²) in [5.41, 5.74) is 2.00. The van der Waals surface area contributed by atoms with Crippen LogP contribution in [-0.4, -0.2) is 62.5 Å². The molecule has 1 heterocycles. The zero-order valence-corrected chi connectivity index (χ0v) is 17.8. The highest BCUT2D eigenvalue weighted by atomic mass is 32.2. The van der Waals surface area contributed by atoms with Crippen LogP contribution in [0.1, 0.15) is 46.0 Å². The van der Waals surface area contributed by atoms with Crippen LogP contribution in [0.3, 0.4) is 0 Å². The minimum Gasteiger partial charge on any atom is -0.335 e. The van der Waals surface area contributed by atoms with Crippen molar-refractivity contribution in [2.75, 3.05) is 32.4 Å². The van der Waals surface area contributed by atoms with Crippen LogP contribution in [0.15, 0.2) is 53.4 Å². The van der Waals surface area contributed by atoms with Gasteiger partial charge in [0, 0.05) is 38.0 Å². The number of sulfone groups is 1. The number of piperazine rings is 1. The van der Waals surface area contributed by atoms with Crippen molar-refractivity contribution in [3.05, 3.63) is 65.2 Å². The Morgan fingerprint density at radius 2 is 1.34 bits per heavy atom. The van der Waals surface area contributed by atoms with Gasteiger partial charge >= 0.3 is 0 Å². The molecule has 0 aromatic heterocycles. The first-order valence-electron chi connectivity index (χ1n) is 9.66. The third-order valence-corrected chi connectivity index (χ3v) is 6.35. The van der Waals surface area contributed by atoms with E-state index in [1.54, 1.807) is 21.9 Å². The number of carbonyl (C=O) groups is 2. The molecule has 1 saturated heterocycles. The fourth-order valence-electron chi connectivity index (χ4n) is 3.44. The number of nitrogens with zero attached hydrogens (tertiary/aromatic N) is 2. The molecule has 1 aliphatic rings. The Balaban J connectivity index is 1.68. The second-order valence-electron chi connectivity index (χ2n) is 7.63. The highest BCUT2D eigenvalue weighted by molar-refractivity contribution is 7.90. The van der Waals surface area contributed by atoms with Crippen molar-refractivity contribution < 1.29 is 18.0 Å². The molecule has 3 rings (SSSR count). The summed E-state index contributed by atoms with van der Waals surface area (Å²) >= 11 is 0. The Kier molecular flexibility index (Phi) is 6.07. The van der Waals surface area contributed by atoms with Gasteiger partial charge in [-0.15, -0.1) is 0 Å². The SMILES string of the molecule is CC(C)c1ccc(C(=O)N2CCN(C(=O)c3ccccc3S(C)(=O)=O)CC2)cc1. The quantitative estimate of drug-likeness (QED) is 0.771. The molecule has 2 aromatic carbocycles. The van der Waals surface area contributed by atoms with E-state index < -0.39 is 9.84 Å². The van der Waals surface area contributed by atoms with E-state index in [-0.39, 0.29) is 22.3 Å². The lowest BCUT2D eigenvalue weighted by Gasteiger charge is -2.35. The summed E-state index contributed by atoms with van der Waals surface area (Å²) in [4.78, 5) is 29.0. The van der Waals surface area contributed by atoms with E-state index in [9.17, 15) is 18.0 Å². The van der Waals surface area contributed by atoms with Gasteiger partial charge in [0.2, 0.25) is 0 Å². The maximum absolute atomic E-state index is 12.9. The minimum atomic E-state index is -3.50. The van der Waals surface area contributed by atoms with Crippen LogP contribution in [0.2, 0.25) is 0 Å². The predicted molar refractivity (Wildman–Crippen MR) is 112 cm³/mol. The van der Waals surface area contributed by atoms with Gasteiger partial charge in [-0.05, 0) is 35.7 Å². The molecule has 0 radical (unpaired) electrons. The van der Waals surface area contributed by atoms with E-state index in [1.165, 1.54) is 17.7 Å². The average molecular weight is 415 g/mol. The molecule has 1 fully saturated rings. The van der Waals surface area contributed by atoms with Gasteiger partial charge < -0.3 is 9.80 Å². The number of hydrogen-bond donors (Lipinski definition) is 0. The third kappa shape index (κ3) is 4.67. The molecule has 1 aliphatic heterocycles. The first-order valence-corrected chi connectivity index (χ1v) is 11.5. The highest BCUT2D eigenvalue weighted by Crippen LogP contribution is 2.20. The Morgan fingerprint density at radius 1 is 0.828 bits per heavy atom. The van der Waals surface area contributed by atoms with Crippen molar-refractivity contribution in [2.45, 2.75) is 24.7 Å². The van der Waals surface area contributed by atoms with Gasteiger partial charge in [-0.2, -0.15) is 0 Å². The van der Waals surface area contributed by atoms with Crippen molar-refractivity contribution in [1.29, 1.82) is 0 Å². The molecule has 2 aromatic rings. The van der Waals surface area contributed by atoms with Crippen molar-refractivity contribution in [1.82, 2.24) is 9.80 Å². The fourth-order valence-corrected chi connectivity index (χ4v) is 4.32. The first kappa shape index (κ1) is 21.0. The lowest BCUT2D eigenvalue weighted by Crippen LogP contribution is -2.50. The van der Waals surface area contributed by atoms with E-state index in [0.717, 1.165) is 6.26 Å². The van der Waals surface area contributed by atoms with Gasteiger partial charge in [0.15, 0.2) is 9.84 Å². The van der Waals surface area contributed by atoms with Gasteiger partial charge in [0.05, 0.1) is 10.5 Å². The maximum atomic E-state index is 12.9. The van der Waals surface area contributed by atoms with Crippen LogP contribution in [0.25, 0.3) is 0 Å². The number of hydrogen-bond acceptors (Lipinski definition) is 4. The fraction of sp³-hybridized carbons (Fsp3) is 0.364. The summed E-state index contributed by atoms with van der Waals surface area (Å²) in [6.07, 6.45) is 1.10. The van der Waals surface area contributed by atoms with E-state index >= 15 is 0 Å². The maximum Gasteiger partial charge on any atom is 0.255 e. The van der Waals surface area contributed by atoms with Crippen LogP contribution >= 0.6 is 0 Å². The van der Waals surface area contributed by atoms with Crippen molar-refractivity contribution in [3.8, 4) is 0 Å². The number of carbonyl (C=O) groups excluding carboxylic acids is 2. The second-order valence-corrected chi connectivity index (χ2v) is 9.61. The summed E-state index contributed by atoms with van der Waals surface area (Å²) < 4.78 is 24.0. The highest BCUT2D eigenvalue weighted by Gasteiger charge is 2.28. The zero-order valence-electron chi connectivity index (χ0n) is 17.0. The summed E-state index contributed by atoms with van der Waals surface area (Å²) in [6.45, 7) is 5.78. The summed E-state index contributed by atoms with van der Waals surface area (Å²) in [6, 6.07) is 13.9. The molecule has 0 aliphatic carbocycles.